The van der Waals surface area contributed by atoms with Crippen LogP contribution in [0.2, 0.25) is 0 Å². The van der Waals surface area contributed by atoms with Crippen molar-refractivity contribution in [1.82, 2.24) is 0 Å². The molecule has 30 heavy (non-hydrogen) atoms. The van der Waals surface area contributed by atoms with Gasteiger partial charge in [-0.05, 0) is 30.0 Å². The molecule has 3 aromatic rings. The Morgan fingerprint density at radius 2 is 1.23 bits per heavy atom. The minimum absolute atomic E-state index is 0.133. The molecular formula is C26H24O4. The zero-order valence-corrected chi connectivity index (χ0v) is 16.9. The molecule has 0 aliphatic heterocycles. The van der Waals surface area contributed by atoms with Crippen LogP contribution in [0.4, 0.5) is 0 Å². The molecule has 0 bridgehead atoms. The summed E-state index contributed by atoms with van der Waals surface area (Å²) in [5, 5.41) is 0. The molecule has 0 radical (unpaired) electrons. The SMILES string of the molecule is Cc1ccc(C2CC2(C(=O)OCc2ccccc2)C(=O)OCc2ccccc2)cc1. The molecule has 0 aromatic heterocycles. The van der Waals surface area contributed by atoms with Crippen molar-refractivity contribution in [3.63, 3.8) is 0 Å². The minimum Gasteiger partial charge on any atom is -0.460 e. The number of rotatable bonds is 7. The second-order valence-corrected chi connectivity index (χ2v) is 7.76. The smallest absolute Gasteiger partial charge is 0.324 e. The van der Waals surface area contributed by atoms with Crippen LogP contribution in [0.25, 0.3) is 0 Å². The van der Waals surface area contributed by atoms with Crippen LogP contribution >= 0.6 is 0 Å². The van der Waals surface area contributed by atoms with E-state index in [0.717, 1.165) is 22.3 Å². The van der Waals surface area contributed by atoms with E-state index in [1.54, 1.807) is 0 Å². The molecule has 3 aromatic carbocycles. The highest BCUT2D eigenvalue weighted by atomic mass is 16.6. The molecule has 0 amide bonds. The van der Waals surface area contributed by atoms with E-state index in [9.17, 15) is 9.59 Å². The fraction of sp³-hybridized carbons (Fsp3) is 0.231. The van der Waals surface area contributed by atoms with Crippen molar-refractivity contribution in [1.29, 1.82) is 0 Å². The molecule has 1 unspecified atom stereocenters. The Hall–Kier alpha value is -3.40. The van der Waals surface area contributed by atoms with Gasteiger partial charge in [0.15, 0.2) is 5.41 Å². The first kappa shape index (κ1) is 19.9. The van der Waals surface area contributed by atoms with Crippen LogP contribution in [0.1, 0.15) is 34.6 Å². The number of hydrogen-bond acceptors (Lipinski definition) is 4. The number of carbonyl (C=O) groups is 2. The van der Waals surface area contributed by atoms with Crippen molar-refractivity contribution < 1.29 is 19.1 Å². The van der Waals surface area contributed by atoms with Crippen LogP contribution in [0.5, 0.6) is 0 Å². The van der Waals surface area contributed by atoms with E-state index in [1.807, 2.05) is 91.9 Å². The predicted octanol–water partition coefficient (Wildman–Crippen LogP) is 4.96. The van der Waals surface area contributed by atoms with Gasteiger partial charge in [-0.3, -0.25) is 9.59 Å². The number of benzene rings is 3. The number of hydrogen-bond donors (Lipinski definition) is 0. The summed E-state index contributed by atoms with van der Waals surface area (Å²) in [5.74, 6) is -1.27. The van der Waals surface area contributed by atoms with Gasteiger partial charge in [-0.2, -0.15) is 0 Å². The van der Waals surface area contributed by atoms with E-state index in [2.05, 4.69) is 0 Å². The topological polar surface area (TPSA) is 52.6 Å². The number of carbonyl (C=O) groups excluding carboxylic acids is 2. The molecule has 0 heterocycles. The van der Waals surface area contributed by atoms with Gasteiger partial charge in [0.05, 0.1) is 0 Å². The number of ether oxygens (including phenoxy) is 2. The Bertz CT molecular complexity index is 954. The van der Waals surface area contributed by atoms with Crippen LogP contribution in [0.3, 0.4) is 0 Å². The molecule has 1 fully saturated rings. The number of esters is 2. The fourth-order valence-electron chi connectivity index (χ4n) is 3.70. The molecule has 4 heteroatoms. The first-order chi connectivity index (χ1) is 14.6. The second kappa shape index (κ2) is 8.54. The maximum absolute atomic E-state index is 13.1. The van der Waals surface area contributed by atoms with Gasteiger partial charge in [0.1, 0.15) is 13.2 Å². The lowest BCUT2D eigenvalue weighted by Crippen LogP contribution is -2.31. The van der Waals surface area contributed by atoms with Crippen molar-refractivity contribution >= 4 is 11.9 Å². The number of aryl methyl sites for hydroxylation is 1. The van der Waals surface area contributed by atoms with E-state index in [-0.39, 0.29) is 19.1 Å². The summed E-state index contributed by atoms with van der Waals surface area (Å²) in [6, 6.07) is 26.8. The largest absolute Gasteiger partial charge is 0.460 e. The third-order valence-corrected chi connectivity index (χ3v) is 5.59. The summed E-state index contributed by atoms with van der Waals surface area (Å²) in [5.41, 5.74) is 2.56. The minimum atomic E-state index is -1.28. The molecule has 0 spiro atoms. The lowest BCUT2D eigenvalue weighted by atomic mass is 9.98. The van der Waals surface area contributed by atoms with Gasteiger partial charge in [-0.15, -0.1) is 0 Å². The standard InChI is InChI=1S/C26H24O4/c1-19-12-14-22(15-13-19)23-16-26(23,24(27)29-17-20-8-4-2-5-9-20)25(28)30-18-21-10-6-3-7-11-21/h2-15,23H,16-18H2,1H3. The molecule has 1 atom stereocenters. The summed E-state index contributed by atoms with van der Waals surface area (Å²) in [6.07, 6.45) is 0.400. The molecule has 4 rings (SSSR count). The van der Waals surface area contributed by atoms with Crippen molar-refractivity contribution in [2.24, 2.45) is 5.41 Å². The maximum Gasteiger partial charge on any atom is 0.324 e. The van der Waals surface area contributed by atoms with Crippen LogP contribution in [-0.4, -0.2) is 11.9 Å². The Morgan fingerprint density at radius 3 is 1.70 bits per heavy atom. The zero-order valence-electron chi connectivity index (χ0n) is 16.9. The molecule has 0 N–H and O–H groups in total. The Kier molecular flexibility index (Phi) is 5.66. The lowest BCUT2D eigenvalue weighted by molar-refractivity contribution is -0.166. The Labute approximate surface area is 176 Å². The third kappa shape index (κ3) is 4.13. The van der Waals surface area contributed by atoms with E-state index in [0.29, 0.717) is 6.42 Å². The van der Waals surface area contributed by atoms with E-state index in [4.69, 9.17) is 9.47 Å². The van der Waals surface area contributed by atoms with Crippen LogP contribution in [-0.2, 0) is 32.3 Å². The molecule has 1 aliphatic rings. The van der Waals surface area contributed by atoms with Gasteiger partial charge in [0.25, 0.3) is 0 Å². The average Bonchev–Trinajstić information content (AvgIpc) is 3.55. The zero-order chi connectivity index (χ0) is 21.0. The van der Waals surface area contributed by atoms with Gasteiger partial charge < -0.3 is 9.47 Å². The summed E-state index contributed by atoms with van der Waals surface area (Å²) < 4.78 is 11.1. The normalized spacial score (nSPS) is 16.5. The van der Waals surface area contributed by atoms with Crippen molar-refractivity contribution in [2.45, 2.75) is 32.5 Å². The predicted molar refractivity (Wildman–Crippen MR) is 113 cm³/mol. The highest BCUT2D eigenvalue weighted by Crippen LogP contribution is 2.61. The molecule has 152 valence electrons. The van der Waals surface area contributed by atoms with Crippen molar-refractivity contribution in [3.05, 3.63) is 107 Å². The first-order valence-corrected chi connectivity index (χ1v) is 10.1. The summed E-state index contributed by atoms with van der Waals surface area (Å²) in [6.45, 7) is 2.27. The van der Waals surface area contributed by atoms with E-state index in [1.165, 1.54) is 0 Å². The lowest BCUT2D eigenvalue weighted by Gasteiger charge is -2.16. The highest BCUT2D eigenvalue weighted by molar-refractivity contribution is 6.05. The van der Waals surface area contributed by atoms with Crippen molar-refractivity contribution in [3.8, 4) is 0 Å². The maximum atomic E-state index is 13.1. The monoisotopic (exact) mass is 400 g/mol. The summed E-state index contributed by atoms with van der Waals surface area (Å²) in [7, 11) is 0. The van der Waals surface area contributed by atoms with Gasteiger partial charge in [-0.1, -0.05) is 90.5 Å². The Balaban J connectivity index is 1.51. The fourth-order valence-corrected chi connectivity index (χ4v) is 3.70. The van der Waals surface area contributed by atoms with Crippen molar-refractivity contribution in [2.75, 3.05) is 0 Å². The van der Waals surface area contributed by atoms with Crippen LogP contribution in [0, 0.1) is 12.3 Å². The molecular weight excluding hydrogens is 376 g/mol. The first-order valence-electron chi connectivity index (χ1n) is 10.1. The summed E-state index contributed by atoms with van der Waals surface area (Å²) >= 11 is 0. The highest BCUT2D eigenvalue weighted by Gasteiger charge is 2.68. The van der Waals surface area contributed by atoms with E-state index < -0.39 is 17.4 Å². The van der Waals surface area contributed by atoms with Gasteiger partial charge in [0.2, 0.25) is 0 Å². The molecule has 4 nitrogen and oxygen atoms in total. The Morgan fingerprint density at radius 1 is 0.767 bits per heavy atom. The average molecular weight is 400 g/mol. The summed E-state index contributed by atoms with van der Waals surface area (Å²) in [4.78, 5) is 26.2. The van der Waals surface area contributed by atoms with Crippen LogP contribution < -0.4 is 0 Å². The van der Waals surface area contributed by atoms with Crippen LogP contribution in [0.15, 0.2) is 84.9 Å². The van der Waals surface area contributed by atoms with E-state index >= 15 is 0 Å². The quantitative estimate of drug-likeness (QED) is 0.416. The van der Waals surface area contributed by atoms with Gasteiger partial charge in [-0.25, -0.2) is 0 Å². The van der Waals surface area contributed by atoms with Gasteiger partial charge in [0, 0.05) is 5.92 Å². The second-order valence-electron chi connectivity index (χ2n) is 7.76. The van der Waals surface area contributed by atoms with Gasteiger partial charge >= 0.3 is 11.9 Å². The third-order valence-electron chi connectivity index (χ3n) is 5.59. The molecule has 1 aliphatic carbocycles. The molecule has 1 saturated carbocycles. The molecule has 0 saturated heterocycles.